The van der Waals surface area contributed by atoms with Crippen LogP contribution in [-0.2, 0) is 11.2 Å². The lowest BCUT2D eigenvalue weighted by Crippen LogP contribution is -2.36. The van der Waals surface area contributed by atoms with Gasteiger partial charge in [0.1, 0.15) is 0 Å². The molecule has 18 heavy (non-hydrogen) atoms. The van der Waals surface area contributed by atoms with Crippen LogP contribution in [0.3, 0.4) is 0 Å². The highest BCUT2D eigenvalue weighted by Gasteiger charge is 2.15. The highest BCUT2D eigenvalue weighted by molar-refractivity contribution is 5.15. The Morgan fingerprint density at radius 3 is 2.83 bits per heavy atom. The predicted octanol–water partition coefficient (Wildman–Crippen LogP) is 1.75. The number of ether oxygens (including phenoxy) is 1. The average Bonchev–Trinajstić information content (AvgIpc) is 2.92. The van der Waals surface area contributed by atoms with Gasteiger partial charge in [-0.2, -0.15) is 0 Å². The first-order valence-electron chi connectivity index (χ1n) is 6.88. The Morgan fingerprint density at radius 2 is 2.17 bits per heavy atom. The Labute approximate surface area is 109 Å². The molecule has 1 aromatic rings. The van der Waals surface area contributed by atoms with Gasteiger partial charge in [0.05, 0.1) is 12.7 Å². The van der Waals surface area contributed by atoms with E-state index in [0.29, 0.717) is 6.10 Å². The van der Waals surface area contributed by atoms with E-state index in [2.05, 4.69) is 17.4 Å². The second-order valence-electron chi connectivity index (χ2n) is 4.95. The Hall–Kier alpha value is -0.900. The quantitative estimate of drug-likeness (QED) is 0.773. The van der Waals surface area contributed by atoms with Crippen molar-refractivity contribution in [2.75, 3.05) is 19.8 Å². The molecule has 2 rings (SSSR count). The normalized spacial score (nSPS) is 21.1. The minimum absolute atomic E-state index is 0.147. The van der Waals surface area contributed by atoms with Crippen molar-refractivity contribution in [1.82, 2.24) is 5.32 Å². The average molecular weight is 249 g/mol. The molecule has 0 bridgehead atoms. The summed E-state index contributed by atoms with van der Waals surface area (Å²) in [5.74, 6) is 0. The maximum Gasteiger partial charge on any atom is 0.0588 e. The summed E-state index contributed by atoms with van der Waals surface area (Å²) in [7, 11) is 0. The molecule has 0 aromatic heterocycles. The van der Waals surface area contributed by atoms with Crippen LogP contribution in [0.1, 0.15) is 24.8 Å². The fourth-order valence-electron chi connectivity index (χ4n) is 2.42. The van der Waals surface area contributed by atoms with Crippen LogP contribution in [0.25, 0.3) is 0 Å². The zero-order valence-electron chi connectivity index (χ0n) is 10.8. The summed E-state index contributed by atoms with van der Waals surface area (Å²) >= 11 is 0. The molecular formula is C15H23NO2. The molecule has 1 fully saturated rings. The Morgan fingerprint density at radius 1 is 1.33 bits per heavy atom. The maximum atomic E-state index is 9.39. The van der Waals surface area contributed by atoms with Gasteiger partial charge in [-0.15, -0.1) is 0 Å². The van der Waals surface area contributed by atoms with Gasteiger partial charge in [-0.3, -0.25) is 0 Å². The number of nitrogens with one attached hydrogen (secondary N) is 1. The zero-order chi connectivity index (χ0) is 12.6. The summed E-state index contributed by atoms with van der Waals surface area (Å²) < 4.78 is 5.58. The van der Waals surface area contributed by atoms with Crippen molar-refractivity contribution < 1.29 is 9.84 Å². The number of hydrogen-bond donors (Lipinski definition) is 2. The van der Waals surface area contributed by atoms with Gasteiger partial charge in [-0.05, 0) is 37.8 Å². The van der Waals surface area contributed by atoms with Gasteiger partial charge in [0, 0.05) is 12.6 Å². The molecule has 1 heterocycles. The van der Waals surface area contributed by atoms with E-state index in [1.54, 1.807) is 0 Å². The van der Waals surface area contributed by atoms with Gasteiger partial charge in [0.25, 0.3) is 0 Å². The van der Waals surface area contributed by atoms with E-state index in [4.69, 9.17) is 4.74 Å². The van der Waals surface area contributed by atoms with Gasteiger partial charge in [0.15, 0.2) is 0 Å². The van der Waals surface area contributed by atoms with Gasteiger partial charge >= 0.3 is 0 Å². The Kier molecular flexibility index (Phi) is 5.65. The second kappa shape index (κ2) is 7.52. The van der Waals surface area contributed by atoms with Gasteiger partial charge in [-0.25, -0.2) is 0 Å². The lowest BCUT2D eigenvalue weighted by Gasteiger charge is -2.17. The van der Waals surface area contributed by atoms with Crippen molar-refractivity contribution >= 4 is 0 Å². The molecule has 0 spiro atoms. The molecule has 2 N–H and O–H groups in total. The molecule has 100 valence electrons. The summed E-state index contributed by atoms with van der Waals surface area (Å²) in [5, 5.41) is 12.8. The maximum absolute atomic E-state index is 9.39. The summed E-state index contributed by atoms with van der Waals surface area (Å²) in [6.45, 7) is 2.02. The molecule has 3 heteroatoms. The molecule has 0 radical (unpaired) electrons. The van der Waals surface area contributed by atoms with Crippen LogP contribution >= 0.6 is 0 Å². The molecule has 1 aromatic carbocycles. The summed E-state index contributed by atoms with van der Waals surface area (Å²) in [5.41, 5.74) is 1.26. The van der Waals surface area contributed by atoms with Crippen LogP contribution in [0.2, 0.25) is 0 Å². The monoisotopic (exact) mass is 249 g/mol. The second-order valence-corrected chi connectivity index (χ2v) is 4.95. The summed E-state index contributed by atoms with van der Waals surface area (Å²) in [4.78, 5) is 0. The first-order valence-corrected chi connectivity index (χ1v) is 6.88. The summed E-state index contributed by atoms with van der Waals surface area (Å²) in [6.07, 6.45) is 4.73. The van der Waals surface area contributed by atoms with Gasteiger partial charge in [0.2, 0.25) is 0 Å². The zero-order valence-corrected chi connectivity index (χ0v) is 10.8. The number of hydrogen-bond acceptors (Lipinski definition) is 3. The lowest BCUT2D eigenvalue weighted by molar-refractivity contribution is 0.102. The van der Waals surface area contributed by atoms with Crippen LogP contribution in [0.4, 0.5) is 0 Å². The van der Waals surface area contributed by atoms with E-state index in [-0.39, 0.29) is 12.6 Å². The Balaban J connectivity index is 1.68. The van der Waals surface area contributed by atoms with Crippen molar-refractivity contribution in [2.45, 2.75) is 37.8 Å². The predicted molar refractivity (Wildman–Crippen MR) is 72.6 cm³/mol. The topological polar surface area (TPSA) is 41.5 Å². The van der Waals surface area contributed by atoms with Crippen molar-refractivity contribution in [3.8, 4) is 0 Å². The Bertz CT molecular complexity index is 323. The van der Waals surface area contributed by atoms with E-state index in [9.17, 15) is 5.11 Å². The molecule has 0 aliphatic carbocycles. The largest absolute Gasteiger partial charge is 0.395 e. The molecule has 2 unspecified atom stereocenters. The number of benzene rings is 1. The third kappa shape index (κ3) is 4.41. The van der Waals surface area contributed by atoms with Gasteiger partial charge in [-0.1, -0.05) is 30.3 Å². The third-order valence-corrected chi connectivity index (χ3v) is 3.47. The van der Waals surface area contributed by atoms with E-state index in [1.807, 2.05) is 18.2 Å². The van der Waals surface area contributed by atoms with E-state index >= 15 is 0 Å². The molecule has 1 aliphatic rings. The molecule has 1 saturated heterocycles. The highest BCUT2D eigenvalue weighted by Crippen LogP contribution is 2.14. The first kappa shape index (κ1) is 13.5. The fourth-order valence-corrected chi connectivity index (χ4v) is 2.42. The van der Waals surface area contributed by atoms with Crippen LogP contribution in [-0.4, -0.2) is 37.0 Å². The molecule has 3 nitrogen and oxygen atoms in total. The lowest BCUT2D eigenvalue weighted by atomic mass is 10.1. The third-order valence-electron chi connectivity index (χ3n) is 3.47. The molecule has 0 saturated carbocycles. The van der Waals surface area contributed by atoms with Crippen LogP contribution in [0.5, 0.6) is 0 Å². The number of aliphatic hydroxyl groups excluding tert-OH is 1. The standard InChI is InChI=1S/C15H23NO2/c17-12-14(11-13-5-2-1-3-6-13)16-9-8-15-7-4-10-18-15/h1-3,5-6,14-17H,4,7-12H2. The molecular weight excluding hydrogens is 226 g/mol. The van der Waals surface area contributed by atoms with Crippen LogP contribution in [0.15, 0.2) is 30.3 Å². The SMILES string of the molecule is OCC(Cc1ccccc1)NCCC1CCCO1. The summed E-state index contributed by atoms with van der Waals surface area (Å²) in [6, 6.07) is 10.4. The smallest absolute Gasteiger partial charge is 0.0588 e. The fraction of sp³-hybridized carbons (Fsp3) is 0.600. The van der Waals surface area contributed by atoms with Crippen molar-refractivity contribution in [2.24, 2.45) is 0 Å². The van der Waals surface area contributed by atoms with Crippen LogP contribution in [0, 0.1) is 0 Å². The van der Waals surface area contributed by atoms with Crippen LogP contribution < -0.4 is 5.32 Å². The minimum atomic E-state index is 0.147. The van der Waals surface area contributed by atoms with E-state index in [0.717, 1.165) is 26.0 Å². The molecule has 1 aliphatic heterocycles. The van der Waals surface area contributed by atoms with Gasteiger partial charge < -0.3 is 15.2 Å². The number of rotatable bonds is 7. The molecule has 2 atom stereocenters. The van der Waals surface area contributed by atoms with E-state index in [1.165, 1.54) is 18.4 Å². The molecule has 0 amide bonds. The van der Waals surface area contributed by atoms with Crippen molar-refractivity contribution in [3.63, 3.8) is 0 Å². The first-order chi connectivity index (χ1) is 8.88. The van der Waals surface area contributed by atoms with Crippen molar-refractivity contribution in [3.05, 3.63) is 35.9 Å². The van der Waals surface area contributed by atoms with E-state index < -0.39 is 0 Å². The minimum Gasteiger partial charge on any atom is -0.395 e. The highest BCUT2D eigenvalue weighted by atomic mass is 16.5. The number of aliphatic hydroxyl groups is 1. The van der Waals surface area contributed by atoms with Crippen molar-refractivity contribution in [1.29, 1.82) is 0 Å².